The van der Waals surface area contributed by atoms with E-state index < -0.39 is 0 Å². The highest BCUT2D eigenvalue weighted by molar-refractivity contribution is 6.32. The van der Waals surface area contributed by atoms with Gasteiger partial charge >= 0.3 is 0 Å². The Morgan fingerprint density at radius 2 is 1.70 bits per heavy atom. The maximum Gasteiger partial charge on any atom is 0.282 e. The summed E-state index contributed by atoms with van der Waals surface area (Å²) in [6, 6.07) is 22.2. The third kappa shape index (κ3) is 6.44. The summed E-state index contributed by atoms with van der Waals surface area (Å²) in [6.45, 7) is 8.92. The van der Waals surface area contributed by atoms with Gasteiger partial charge in [-0.3, -0.25) is 4.79 Å². The number of fused-ring (bicyclic) bond motifs is 1. The summed E-state index contributed by atoms with van der Waals surface area (Å²) in [4.78, 5) is 18.7. The van der Waals surface area contributed by atoms with E-state index in [9.17, 15) is 4.79 Å². The molecule has 44 heavy (non-hydrogen) atoms. The maximum absolute atomic E-state index is 13.8. The lowest BCUT2D eigenvalue weighted by molar-refractivity contribution is 0.285. The van der Waals surface area contributed by atoms with Crippen LogP contribution in [0.5, 0.6) is 17.2 Å². The van der Waals surface area contributed by atoms with Gasteiger partial charge in [-0.1, -0.05) is 67.4 Å². The van der Waals surface area contributed by atoms with Gasteiger partial charge in [-0.15, -0.1) is 0 Å². The molecule has 0 amide bonds. The van der Waals surface area contributed by atoms with Crippen molar-refractivity contribution in [3.63, 3.8) is 0 Å². The monoisotopic (exact) mass is 629 g/mol. The zero-order chi connectivity index (χ0) is 31.4. The summed E-state index contributed by atoms with van der Waals surface area (Å²) < 4.78 is 18.9. The van der Waals surface area contributed by atoms with Crippen LogP contribution >= 0.6 is 23.2 Å². The fourth-order valence-corrected chi connectivity index (χ4v) is 5.38. The molecule has 0 aliphatic heterocycles. The molecule has 0 aliphatic rings. The van der Waals surface area contributed by atoms with Crippen molar-refractivity contribution < 1.29 is 14.2 Å². The van der Waals surface area contributed by atoms with Crippen LogP contribution in [0, 0.1) is 6.92 Å². The fraction of sp³-hybridized carbons (Fsp3) is 0.229. The first-order valence-corrected chi connectivity index (χ1v) is 15.0. The molecule has 0 fully saturated rings. The quantitative estimate of drug-likeness (QED) is 0.144. The topological polar surface area (TPSA) is 74.9 Å². The number of hydrogen-bond acceptors (Lipinski definition) is 6. The van der Waals surface area contributed by atoms with E-state index in [0.717, 1.165) is 28.0 Å². The summed E-state index contributed by atoms with van der Waals surface area (Å²) in [5.74, 6) is 2.22. The average molecular weight is 631 g/mol. The molecule has 0 atom stereocenters. The van der Waals surface area contributed by atoms with E-state index in [4.69, 9.17) is 42.4 Å². The predicted molar refractivity (Wildman–Crippen MR) is 178 cm³/mol. The van der Waals surface area contributed by atoms with E-state index in [1.54, 1.807) is 30.5 Å². The maximum atomic E-state index is 13.8. The van der Waals surface area contributed by atoms with Crippen molar-refractivity contribution in [2.45, 2.75) is 40.2 Å². The molecule has 0 radical (unpaired) electrons. The third-order valence-corrected chi connectivity index (χ3v) is 7.83. The van der Waals surface area contributed by atoms with Crippen LogP contribution in [0.1, 0.15) is 48.9 Å². The Labute approximate surface area is 266 Å². The normalized spacial score (nSPS) is 11.5. The molecule has 0 aliphatic carbocycles. The second kappa shape index (κ2) is 13.5. The van der Waals surface area contributed by atoms with Crippen LogP contribution < -0.4 is 19.8 Å². The van der Waals surface area contributed by atoms with Crippen LogP contribution in [0.4, 0.5) is 0 Å². The highest BCUT2D eigenvalue weighted by atomic mass is 35.5. The first-order chi connectivity index (χ1) is 21.2. The minimum Gasteiger partial charge on any atom is -0.494 e. The van der Waals surface area contributed by atoms with Gasteiger partial charge < -0.3 is 14.2 Å². The Bertz CT molecular complexity index is 1920. The Kier molecular flexibility index (Phi) is 9.57. The number of benzene rings is 4. The lowest BCUT2D eigenvalue weighted by Gasteiger charge is -2.18. The van der Waals surface area contributed by atoms with Gasteiger partial charge in [-0.2, -0.15) is 9.78 Å². The Hall–Kier alpha value is -4.33. The smallest absolute Gasteiger partial charge is 0.282 e. The van der Waals surface area contributed by atoms with Crippen molar-refractivity contribution in [3.8, 4) is 28.6 Å². The predicted octanol–water partition coefficient (Wildman–Crippen LogP) is 8.67. The van der Waals surface area contributed by atoms with Crippen LogP contribution in [-0.2, 0) is 6.61 Å². The zero-order valence-corrected chi connectivity index (χ0v) is 26.7. The van der Waals surface area contributed by atoms with Crippen molar-refractivity contribution in [1.29, 1.82) is 0 Å². The van der Waals surface area contributed by atoms with Crippen LogP contribution in [0.2, 0.25) is 10.0 Å². The van der Waals surface area contributed by atoms with Crippen LogP contribution in [0.25, 0.3) is 22.3 Å². The number of aromatic nitrogens is 2. The number of aryl methyl sites for hydroxylation is 1. The largest absolute Gasteiger partial charge is 0.494 e. The van der Waals surface area contributed by atoms with Crippen LogP contribution in [0.3, 0.4) is 0 Å². The Morgan fingerprint density at radius 3 is 2.43 bits per heavy atom. The molecule has 0 saturated carbocycles. The minimum absolute atomic E-state index is 0.188. The molecule has 1 heterocycles. The summed E-state index contributed by atoms with van der Waals surface area (Å²) in [5, 5.41) is 6.02. The van der Waals surface area contributed by atoms with Crippen LogP contribution in [0.15, 0.2) is 82.7 Å². The second-order valence-electron chi connectivity index (χ2n) is 10.5. The molecule has 4 aromatic carbocycles. The number of rotatable bonds is 10. The van der Waals surface area contributed by atoms with Gasteiger partial charge in [-0.25, -0.2) is 4.98 Å². The lowest BCUT2D eigenvalue weighted by Crippen LogP contribution is -2.21. The molecule has 5 aromatic rings. The molecule has 7 nitrogen and oxygen atoms in total. The molecule has 226 valence electrons. The number of para-hydroxylation sites is 1. The molecular weight excluding hydrogens is 597 g/mol. The zero-order valence-electron chi connectivity index (χ0n) is 25.2. The minimum atomic E-state index is -0.293. The van der Waals surface area contributed by atoms with Gasteiger partial charge in [-0.05, 0) is 78.9 Å². The number of ether oxygens (including phenoxy) is 3. The highest BCUT2D eigenvalue weighted by Crippen LogP contribution is 2.37. The molecule has 5 rings (SSSR count). The molecular formula is C35H33Cl2N3O4. The molecule has 0 spiro atoms. The SMILES string of the molecule is CCOc1cc(C)c(-c2nc3ccccc3c(=O)n2N=Cc2cc(Cl)c(OCc3ccccc3Cl)c(OC)c2)cc1C(C)C. The Morgan fingerprint density at radius 1 is 0.955 bits per heavy atom. The highest BCUT2D eigenvalue weighted by Gasteiger charge is 2.19. The summed E-state index contributed by atoms with van der Waals surface area (Å²) >= 11 is 12.9. The van der Waals surface area contributed by atoms with E-state index in [0.29, 0.717) is 50.4 Å². The average Bonchev–Trinajstić information content (AvgIpc) is 3.00. The summed E-state index contributed by atoms with van der Waals surface area (Å²) in [6.07, 6.45) is 1.56. The van der Waals surface area contributed by atoms with Crippen molar-refractivity contribution in [2.75, 3.05) is 13.7 Å². The van der Waals surface area contributed by atoms with Gasteiger partial charge in [0.2, 0.25) is 0 Å². The molecule has 0 bridgehead atoms. The van der Waals surface area contributed by atoms with Crippen molar-refractivity contribution >= 4 is 40.3 Å². The number of halogens is 2. The van der Waals surface area contributed by atoms with Gasteiger partial charge in [0, 0.05) is 16.1 Å². The van der Waals surface area contributed by atoms with E-state index in [1.807, 2.05) is 62.4 Å². The van der Waals surface area contributed by atoms with E-state index in [1.165, 1.54) is 11.8 Å². The van der Waals surface area contributed by atoms with Crippen LogP contribution in [-0.4, -0.2) is 29.6 Å². The number of nitrogens with zero attached hydrogens (tertiary/aromatic N) is 3. The molecule has 0 saturated heterocycles. The molecule has 9 heteroatoms. The first-order valence-electron chi connectivity index (χ1n) is 14.3. The van der Waals surface area contributed by atoms with E-state index >= 15 is 0 Å². The molecule has 0 N–H and O–H groups in total. The molecule has 0 unspecified atom stereocenters. The standard InChI is InChI=1S/C35H33Cl2N3O4/c1-6-43-31-15-22(4)27(18-26(31)21(2)3)34-39-30-14-10-8-12-25(30)35(41)40(34)38-19-23-16-29(37)33(32(17-23)42-5)44-20-24-11-7-9-13-28(24)36/h7-19,21H,6,20H2,1-5H3. The van der Waals surface area contributed by atoms with Crippen molar-refractivity contribution in [3.05, 3.63) is 115 Å². The number of hydrogen-bond donors (Lipinski definition) is 0. The summed E-state index contributed by atoms with van der Waals surface area (Å²) in [7, 11) is 1.53. The van der Waals surface area contributed by atoms with E-state index in [2.05, 4.69) is 18.9 Å². The lowest BCUT2D eigenvalue weighted by atomic mass is 9.96. The Balaban J connectivity index is 1.59. The number of methoxy groups -OCH3 is 1. The van der Waals surface area contributed by atoms with Gasteiger partial charge in [0.1, 0.15) is 12.4 Å². The van der Waals surface area contributed by atoms with E-state index in [-0.39, 0.29) is 18.1 Å². The fourth-order valence-electron chi connectivity index (χ4n) is 4.92. The molecule has 1 aromatic heterocycles. The third-order valence-electron chi connectivity index (χ3n) is 7.18. The van der Waals surface area contributed by atoms with Crippen molar-refractivity contribution in [2.24, 2.45) is 5.10 Å². The second-order valence-corrected chi connectivity index (χ2v) is 11.3. The van der Waals surface area contributed by atoms with Gasteiger partial charge in [0.15, 0.2) is 17.3 Å². The van der Waals surface area contributed by atoms with Crippen molar-refractivity contribution in [1.82, 2.24) is 9.66 Å². The first kappa shape index (κ1) is 31.1. The van der Waals surface area contributed by atoms with Gasteiger partial charge in [0.05, 0.1) is 35.9 Å². The summed E-state index contributed by atoms with van der Waals surface area (Å²) in [5.41, 5.74) is 4.44. The van der Waals surface area contributed by atoms with Gasteiger partial charge in [0.25, 0.3) is 5.56 Å².